The van der Waals surface area contributed by atoms with Crippen molar-refractivity contribution < 1.29 is 36.3 Å². The highest BCUT2D eigenvalue weighted by atomic mass is 32.2. The van der Waals surface area contributed by atoms with Crippen molar-refractivity contribution >= 4 is 21.8 Å². The molecule has 0 bridgehead atoms. The van der Waals surface area contributed by atoms with E-state index in [1.54, 1.807) is 24.3 Å². The first-order chi connectivity index (χ1) is 21.8. The van der Waals surface area contributed by atoms with Crippen LogP contribution >= 0.6 is 0 Å². The Morgan fingerprint density at radius 1 is 0.911 bits per heavy atom. The summed E-state index contributed by atoms with van der Waals surface area (Å²) in [7, 11) is -3.69. The average molecular weight is 636 g/mol. The van der Waals surface area contributed by atoms with Crippen LogP contribution in [0.25, 0.3) is 0 Å². The molecule has 2 amide bonds. The molecule has 2 heterocycles. The van der Waals surface area contributed by atoms with E-state index in [2.05, 4.69) is 5.32 Å². The van der Waals surface area contributed by atoms with Crippen LogP contribution in [0.1, 0.15) is 16.9 Å². The van der Waals surface area contributed by atoms with E-state index in [1.165, 1.54) is 51.9 Å². The van der Waals surface area contributed by atoms with Gasteiger partial charge in [0, 0.05) is 26.1 Å². The number of benzene rings is 3. The Morgan fingerprint density at radius 2 is 1.62 bits per heavy atom. The van der Waals surface area contributed by atoms with E-state index < -0.39 is 40.3 Å². The predicted molar refractivity (Wildman–Crippen MR) is 163 cm³/mol. The zero-order valence-corrected chi connectivity index (χ0v) is 25.3. The maximum Gasteiger partial charge on any atom is 0.261 e. The molecule has 0 spiro atoms. The topological polar surface area (TPSA) is 118 Å². The highest BCUT2D eigenvalue weighted by Gasteiger charge is 2.31. The van der Waals surface area contributed by atoms with Gasteiger partial charge < -0.3 is 24.1 Å². The minimum Gasteiger partial charge on any atom is -0.484 e. The Morgan fingerprint density at radius 3 is 2.29 bits per heavy atom. The number of sulfonamides is 1. The molecule has 0 saturated carbocycles. The number of carbonyl (C=O) groups excluding carboxylic acids is 2. The van der Waals surface area contributed by atoms with Crippen molar-refractivity contribution in [1.29, 1.82) is 0 Å². The van der Waals surface area contributed by atoms with Gasteiger partial charge in [0.1, 0.15) is 23.4 Å². The lowest BCUT2D eigenvalue weighted by Gasteiger charge is -2.31. The molecule has 4 aromatic rings. The summed E-state index contributed by atoms with van der Waals surface area (Å²) in [6.07, 6.45) is 1.72. The number of nitrogens with one attached hydrogen (secondary N) is 1. The van der Waals surface area contributed by atoms with Crippen LogP contribution in [0.5, 0.6) is 5.75 Å². The third-order valence-corrected chi connectivity index (χ3v) is 9.26. The molecule has 1 aliphatic heterocycles. The van der Waals surface area contributed by atoms with E-state index >= 15 is 0 Å². The molecule has 45 heavy (non-hydrogen) atoms. The van der Waals surface area contributed by atoms with E-state index in [4.69, 9.17) is 13.9 Å². The van der Waals surface area contributed by atoms with Gasteiger partial charge in [0.25, 0.3) is 5.91 Å². The molecule has 3 aromatic carbocycles. The molecular formula is C33H34FN3O7S. The third-order valence-electron chi connectivity index (χ3n) is 7.35. The monoisotopic (exact) mass is 635 g/mol. The van der Waals surface area contributed by atoms with Gasteiger partial charge in [-0.3, -0.25) is 9.59 Å². The summed E-state index contributed by atoms with van der Waals surface area (Å²) < 4.78 is 57.4. The van der Waals surface area contributed by atoms with Crippen molar-refractivity contribution in [3.63, 3.8) is 0 Å². The van der Waals surface area contributed by atoms with Crippen LogP contribution in [-0.4, -0.2) is 68.4 Å². The fourth-order valence-corrected chi connectivity index (χ4v) is 6.33. The van der Waals surface area contributed by atoms with Crippen molar-refractivity contribution in [2.45, 2.75) is 30.4 Å². The summed E-state index contributed by atoms with van der Waals surface area (Å²) in [6.45, 7) is 0.951. The molecule has 12 heteroatoms. The Hall–Kier alpha value is -4.52. The summed E-state index contributed by atoms with van der Waals surface area (Å²) in [4.78, 5) is 29.0. The van der Waals surface area contributed by atoms with Gasteiger partial charge in [-0.05, 0) is 59.7 Å². The summed E-state index contributed by atoms with van der Waals surface area (Å²) in [5.74, 6) is -0.466. The molecule has 1 aromatic heterocycles. The fourth-order valence-electron chi connectivity index (χ4n) is 4.92. The molecule has 0 radical (unpaired) electrons. The van der Waals surface area contributed by atoms with Gasteiger partial charge in [-0.15, -0.1) is 0 Å². The zero-order chi connectivity index (χ0) is 31.6. The van der Waals surface area contributed by atoms with Gasteiger partial charge in [-0.2, -0.15) is 4.31 Å². The minimum atomic E-state index is -3.69. The number of ether oxygens (including phenoxy) is 2. The van der Waals surface area contributed by atoms with E-state index in [-0.39, 0.29) is 43.2 Å². The van der Waals surface area contributed by atoms with Gasteiger partial charge in [0.2, 0.25) is 15.9 Å². The van der Waals surface area contributed by atoms with E-state index in [1.807, 2.05) is 30.3 Å². The van der Waals surface area contributed by atoms with E-state index in [0.717, 1.165) is 5.56 Å². The largest absolute Gasteiger partial charge is 0.484 e. The number of hydrogen-bond acceptors (Lipinski definition) is 7. The van der Waals surface area contributed by atoms with E-state index in [9.17, 15) is 22.4 Å². The summed E-state index contributed by atoms with van der Waals surface area (Å²) in [6, 6.07) is 23.4. The SMILES string of the molecule is O=C(NCc1ccco1)C(Cc1ccccc1)N(Cc1ccc(F)cc1)C(=O)COc1ccc(S(=O)(=O)N2CCOCC2)cc1. The maximum atomic E-state index is 13.8. The molecule has 1 aliphatic rings. The van der Waals surface area contributed by atoms with Crippen LogP contribution in [0.2, 0.25) is 0 Å². The van der Waals surface area contributed by atoms with Gasteiger partial charge in [-0.25, -0.2) is 12.8 Å². The molecule has 0 aliphatic carbocycles. The minimum absolute atomic E-state index is 0.0187. The van der Waals surface area contributed by atoms with Gasteiger partial charge in [0.05, 0.1) is 30.9 Å². The van der Waals surface area contributed by atoms with Gasteiger partial charge in [0.15, 0.2) is 6.61 Å². The molecule has 1 N–H and O–H groups in total. The van der Waals surface area contributed by atoms with Crippen LogP contribution in [0.4, 0.5) is 4.39 Å². The quantitative estimate of drug-likeness (QED) is 0.238. The standard InChI is InChI=1S/C33H34FN3O7S/c34-27-10-8-26(9-11-27)23-37(31(21-25-5-2-1-3-6-25)33(39)35-22-29-7-4-18-43-29)32(38)24-44-28-12-14-30(15-13-28)45(40,41)36-16-19-42-20-17-36/h1-15,18,31H,16-17,19-24H2,(H,35,39). The number of morpholine rings is 1. The second-order valence-electron chi connectivity index (χ2n) is 10.4. The number of furan rings is 1. The number of halogens is 1. The molecule has 1 saturated heterocycles. The van der Waals surface area contributed by atoms with E-state index in [0.29, 0.717) is 24.5 Å². The fraction of sp³-hybridized carbons (Fsp3) is 0.273. The lowest BCUT2D eigenvalue weighted by atomic mass is 10.0. The Balaban J connectivity index is 1.35. The van der Waals surface area contributed by atoms with Crippen molar-refractivity contribution in [2.75, 3.05) is 32.9 Å². The van der Waals surface area contributed by atoms with Crippen molar-refractivity contribution in [1.82, 2.24) is 14.5 Å². The summed E-state index contributed by atoms with van der Waals surface area (Å²) in [5.41, 5.74) is 1.46. The number of rotatable bonds is 13. The lowest BCUT2D eigenvalue weighted by molar-refractivity contribution is -0.142. The first-order valence-electron chi connectivity index (χ1n) is 14.5. The number of hydrogen-bond donors (Lipinski definition) is 1. The number of amides is 2. The maximum absolute atomic E-state index is 13.8. The predicted octanol–water partition coefficient (Wildman–Crippen LogP) is 3.77. The number of carbonyl (C=O) groups is 2. The van der Waals surface area contributed by atoms with Crippen LogP contribution in [-0.2, 0) is 43.9 Å². The Labute approximate surface area is 261 Å². The molecule has 10 nitrogen and oxygen atoms in total. The molecule has 1 fully saturated rings. The van der Waals surface area contributed by atoms with Crippen LogP contribution in [0, 0.1) is 5.82 Å². The smallest absolute Gasteiger partial charge is 0.261 e. The molecular weight excluding hydrogens is 601 g/mol. The van der Waals surface area contributed by atoms with Crippen molar-refractivity contribution in [3.8, 4) is 5.75 Å². The zero-order valence-electron chi connectivity index (χ0n) is 24.5. The highest BCUT2D eigenvalue weighted by Crippen LogP contribution is 2.21. The molecule has 5 rings (SSSR count). The highest BCUT2D eigenvalue weighted by molar-refractivity contribution is 7.89. The third kappa shape index (κ3) is 8.56. The molecule has 1 unspecified atom stereocenters. The van der Waals surface area contributed by atoms with Gasteiger partial charge >= 0.3 is 0 Å². The summed E-state index contributed by atoms with van der Waals surface area (Å²) >= 11 is 0. The van der Waals surface area contributed by atoms with Crippen LogP contribution in [0.3, 0.4) is 0 Å². The second kappa shape index (κ2) is 15.0. The number of nitrogens with zero attached hydrogens (tertiary/aromatic N) is 2. The Kier molecular flexibility index (Phi) is 10.6. The van der Waals surface area contributed by atoms with Crippen molar-refractivity contribution in [3.05, 3.63) is 120 Å². The first-order valence-corrected chi connectivity index (χ1v) is 15.9. The van der Waals surface area contributed by atoms with Crippen LogP contribution in [0.15, 0.2) is 107 Å². The first kappa shape index (κ1) is 31.9. The molecule has 1 atom stereocenters. The normalized spacial score (nSPS) is 14.4. The van der Waals surface area contributed by atoms with Crippen LogP contribution < -0.4 is 10.1 Å². The van der Waals surface area contributed by atoms with Gasteiger partial charge in [-0.1, -0.05) is 42.5 Å². The summed E-state index contributed by atoms with van der Waals surface area (Å²) in [5, 5.41) is 2.86. The average Bonchev–Trinajstić information content (AvgIpc) is 3.60. The lowest BCUT2D eigenvalue weighted by Crippen LogP contribution is -2.51. The molecule has 236 valence electrons. The Bertz CT molecular complexity index is 1640. The second-order valence-corrected chi connectivity index (χ2v) is 12.4. The van der Waals surface area contributed by atoms with Crippen molar-refractivity contribution in [2.24, 2.45) is 0 Å².